The molecule has 0 saturated carbocycles. The van der Waals surface area contributed by atoms with Gasteiger partial charge in [0.2, 0.25) is 5.91 Å². The summed E-state index contributed by atoms with van der Waals surface area (Å²) in [7, 11) is 3.91. The van der Waals surface area contributed by atoms with Crippen LogP contribution in [0.4, 0.5) is 11.4 Å². The van der Waals surface area contributed by atoms with Crippen molar-refractivity contribution in [1.82, 2.24) is 4.90 Å². The molecular weight excluding hydrogens is 374 g/mol. The van der Waals surface area contributed by atoms with Gasteiger partial charge in [0.05, 0.1) is 10.6 Å². The highest BCUT2D eigenvalue weighted by Crippen LogP contribution is 2.27. The van der Waals surface area contributed by atoms with E-state index in [1.807, 2.05) is 70.1 Å². The first kappa shape index (κ1) is 21.8. The Morgan fingerprint density at radius 1 is 1.11 bits per heavy atom. The summed E-state index contributed by atoms with van der Waals surface area (Å²) in [6, 6.07) is 12.8. The van der Waals surface area contributed by atoms with E-state index < -0.39 is 0 Å². The highest BCUT2D eigenvalue weighted by molar-refractivity contribution is 6.33. The average Bonchev–Trinajstić information content (AvgIpc) is 2.65. The lowest BCUT2D eigenvalue weighted by molar-refractivity contribution is -0.115. The number of anilines is 2. The lowest BCUT2D eigenvalue weighted by Crippen LogP contribution is -2.37. The lowest BCUT2D eigenvalue weighted by Gasteiger charge is -2.29. The van der Waals surface area contributed by atoms with Gasteiger partial charge in [0.25, 0.3) is 5.91 Å². The van der Waals surface area contributed by atoms with E-state index >= 15 is 0 Å². The zero-order valence-corrected chi connectivity index (χ0v) is 17.9. The van der Waals surface area contributed by atoms with Crippen molar-refractivity contribution < 1.29 is 9.59 Å². The van der Waals surface area contributed by atoms with Gasteiger partial charge in [-0.15, -0.1) is 0 Å². The van der Waals surface area contributed by atoms with Crippen LogP contribution in [0.3, 0.4) is 0 Å². The fourth-order valence-corrected chi connectivity index (χ4v) is 3.15. The Labute approximate surface area is 172 Å². The van der Waals surface area contributed by atoms with Crippen LogP contribution in [0, 0.1) is 0 Å². The molecule has 6 heteroatoms. The van der Waals surface area contributed by atoms with Gasteiger partial charge < -0.3 is 15.1 Å². The van der Waals surface area contributed by atoms with Gasteiger partial charge in [-0.05, 0) is 49.7 Å². The Balaban J connectivity index is 2.40. The summed E-state index contributed by atoms with van der Waals surface area (Å²) in [6.45, 7) is 6.18. The molecule has 0 atom stereocenters. The van der Waals surface area contributed by atoms with E-state index in [2.05, 4.69) is 5.32 Å². The third-order valence-electron chi connectivity index (χ3n) is 4.50. The minimum absolute atomic E-state index is 0.0207. The number of benzene rings is 2. The van der Waals surface area contributed by atoms with Crippen LogP contribution in [0.5, 0.6) is 0 Å². The number of hydrogen-bond acceptors (Lipinski definition) is 3. The molecule has 0 aliphatic carbocycles. The van der Waals surface area contributed by atoms with Gasteiger partial charge in [-0.3, -0.25) is 9.59 Å². The molecule has 0 aliphatic rings. The number of hydrogen-bond donors (Lipinski definition) is 1. The Kier molecular flexibility index (Phi) is 7.46. The minimum Gasteiger partial charge on any atom is -0.377 e. The standard InChI is InChI=1S/C22H28ClN3O2/c1-6-21(27)24-17-11-12-20(25(4)5)16(13-17)14-26(15(2)3)22(28)18-9-7-8-10-19(18)23/h7-13,15H,6,14H2,1-5H3,(H,24,27). The van der Waals surface area contributed by atoms with Crippen LogP contribution in [-0.4, -0.2) is 36.9 Å². The van der Waals surface area contributed by atoms with Crippen molar-refractivity contribution in [2.45, 2.75) is 39.8 Å². The molecule has 150 valence electrons. The summed E-state index contributed by atoms with van der Waals surface area (Å²) in [5.41, 5.74) is 3.15. The van der Waals surface area contributed by atoms with Gasteiger partial charge in [0.1, 0.15) is 0 Å². The molecule has 2 rings (SSSR count). The number of halogens is 1. The number of nitrogens with zero attached hydrogens (tertiary/aromatic N) is 2. The van der Waals surface area contributed by atoms with E-state index in [9.17, 15) is 9.59 Å². The van der Waals surface area contributed by atoms with E-state index in [1.165, 1.54) is 0 Å². The molecule has 0 aromatic heterocycles. The summed E-state index contributed by atoms with van der Waals surface area (Å²) in [4.78, 5) is 28.7. The molecule has 0 saturated heterocycles. The van der Waals surface area contributed by atoms with Crippen LogP contribution in [0.1, 0.15) is 43.1 Å². The van der Waals surface area contributed by atoms with Crippen molar-refractivity contribution in [3.05, 3.63) is 58.6 Å². The number of carbonyl (C=O) groups excluding carboxylic acids is 2. The van der Waals surface area contributed by atoms with E-state index in [-0.39, 0.29) is 17.9 Å². The van der Waals surface area contributed by atoms with Gasteiger partial charge in [-0.1, -0.05) is 30.7 Å². The highest BCUT2D eigenvalue weighted by Gasteiger charge is 2.22. The molecule has 0 bridgehead atoms. The fraction of sp³-hybridized carbons (Fsp3) is 0.364. The maximum absolute atomic E-state index is 13.2. The molecule has 0 fully saturated rings. The van der Waals surface area contributed by atoms with Crippen molar-refractivity contribution >= 4 is 34.8 Å². The van der Waals surface area contributed by atoms with Crippen LogP contribution >= 0.6 is 11.6 Å². The monoisotopic (exact) mass is 401 g/mol. The molecule has 0 aliphatic heterocycles. The molecule has 1 N–H and O–H groups in total. The van der Waals surface area contributed by atoms with Crippen LogP contribution in [-0.2, 0) is 11.3 Å². The SMILES string of the molecule is CCC(=O)Nc1ccc(N(C)C)c(CN(C(=O)c2ccccc2Cl)C(C)C)c1. The van der Waals surface area contributed by atoms with Gasteiger partial charge >= 0.3 is 0 Å². The summed E-state index contributed by atoms with van der Waals surface area (Å²) in [6.07, 6.45) is 0.411. The molecule has 0 unspecified atom stereocenters. The summed E-state index contributed by atoms with van der Waals surface area (Å²) < 4.78 is 0. The van der Waals surface area contributed by atoms with Crippen molar-refractivity contribution in [2.24, 2.45) is 0 Å². The maximum atomic E-state index is 13.2. The van der Waals surface area contributed by atoms with Crippen molar-refractivity contribution in [3.8, 4) is 0 Å². The van der Waals surface area contributed by atoms with E-state index in [0.29, 0.717) is 23.6 Å². The number of carbonyl (C=O) groups is 2. The Hall–Kier alpha value is -2.53. The molecule has 5 nitrogen and oxygen atoms in total. The Bertz CT molecular complexity index is 849. The summed E-state index contributed by atoms with van der Waals surface area (Å²) in [5, 5.41) is 3.33. The molecule has 0 spiro atoms. The Morgan fingerprint density at radius 2 is 1.79 bits per heavy atom. The zero-order valence-electron chi connectivity index (χ0n) is 17.1. The fourth-order valence-electron chi connectivity index (χ4n) is 2.94. The normalized spacial score (nSPS) is 10.7. The van der Waals surface area contributed by atoms with Crippen molar-refractivity contribution in [2.75, 3.05) is 24.3 Å². The predicted octanol–water partition coefficient (Wildman–Crippen LogP) is 4.81. The molecule has 0 radical (unpaired) electrons. The second-order valence-corrected chi connectivity index (χ2v) is 7.55. The van der Waals surface area contributed by atoms with Crippen molar-refractivity contribution in [1.29, 1.82) is 0 Å². The molecule has 0 heterocycles. The molecule has 2 aromatic carbocycles. The zero-order chi connectivity index (χ0) is 20.8. The van der Waals surface area contributed by atoms with E-state index in [0.717, 1.165) is 16.9 Å². The van der Waals surface area contributed by atoms with Crippen LogP contribution in [0.2, 0.25) is 5.02 Å². The second-order valence-electron chi connectivity index (χ2n) is 7.15. The van der Waals surface area contributed by atoms with Gasteiger partial charge in [0, 0.05) is 44.5 Å². The van der Waals surface area contributed by atoms with E-state index in [1.54, 1.807) is 17.0 Å². The second kappa shape index (κ2) is 9.60. The van der Waals surface area contributed by atoms with Gasteiger partial charge in [-0.2, -0.15) is 0 Å². The average molecular weight is 402 g/mol. The summed E-state index contributed by atoms with van der Waals surface area (Å²) in [5.74, 6) is -0.162. The molecule has 2 amide bonds. The predicted molar refractivity (Wildman–Crippen MR) is 116 cm³/mol. The third kappa shape index (κ3) is 5.26. The molecule has 28 heavy (non-hydrogen) atoms. The van der Waals surface area contributed by atoms with Crippen LogP contribution in [0.15, 0.2) is 42.5 Å². The number of amides is 2. The first-order valence-electron chi connectivity index (χ1n) is 9.40. The third-order valence-corrected chi connectivity index (χ3v) is 4.82. The van der Waals surface area contributed by atoms with Gasteiger partial charge in [0.15, 0.2) is 0 Å². The lowest BCUT2D eigenvalue weighted by atomic mass is 10.1. The molecular formula is C22H28ClN3O2. The maximum Gasteiger partial charge on any atom is 0.255 e. The summed E-state index contributed by atoms with van der Waals surface area (Å²) >= 11 is 6.25. The number of rotatable bonds is 7. The van der Waals surface area contributed by atoms with Crippen molar-refractivity contribution in [3.63, 3.8) is 0 Å². The minimum atomic E-state index is -0.117. The quantitative estimate of drug-likeness (QED) is 0.724. The van der Waals surface area contributed by atoms with Crippen LogP contribution < -0.4 is 10.2 Å². The topological polar surface area (TPSA) is 52.7 Å². The van der Waals surface area contributed by atoms with Crippen LogP contribution in [0.25, 0.3) is 0 Å². The molecule has 2 aromatic rings. The smallest absolute Gasteiger partial charge is 0.255 e. The first-order chi connectivity index (χ1) is 13.2. The highest BCUT2D eigenvalue weighted by atomic mass is 35.5. The first-order valence-corrected chi connectivity index (χ1v) is 9.78. The van der Waals surface area contributed by atoms with Gasteiger partial charge in [-0.25, -0.2) is 0 Å². The Morgan fingerprint density at radius 3 is 2.36 bits per heavy atom. The largest absolute Gasteiger partial charge is 0.377 e. The van der Waals surface area contributed by atoms with E-state index in [4.69, 9.17) is 11.6 Å². The number of nitrogens with one attached hydrogen (secondary N) is 1.